The van der Waals surface area contributed by atoms with Gasteiger partial charge >= 0.3 is 0 Å². The fourth-order valence-corrected chi connectivity index (χ4v) is 2.58. The van der Waals surface area contributed by atoms with Gasteiger partial charge in [-0.15, -0.1) is 0 Å². The monoisotopic (exact) mass is 168 g/mol. The van der Waals surface area contributed by atoms with E-state index in [1.807, 2.05) is 0 Å². The van der Waals surface area contributed by atoms with Crippen LogP contribution in [0.2, 0.25) is 0 Å². The van der Waals surface area contributed by atoms with Crippen LogP contribution in [0.5, 0.6) is 0 Å². The molecule has 3 heteroatoms. The van der Waals surface area contributed by atoms with E-state index in [0.29, 0.717) is 5.92 Å². The summed E-state index contributed by atoms with van der Waals surface area (Å²) in [5.74, 6) is 0.537. The highest BCUT2D eigenvalue weighted by atomic mass is 16.4. The van der Waals surface area contributed by atoms with Crippen molar-refractivity contribution < 1.29 is 5.21 Å². The van der Waals surface area contributed by atoms with Gasteiger partial charge in [-0.25, -0.2) is 0 Å². The van der Waals surface area contributed by atoms with E-state index in [1.165, 1.54) is 12.8 Å². The summed E-state index contributed by atoms with van der Waals surface area (Å²) in [4.78, 5) is 2.40. The number of oxime groups is 1. The molecule has 2 bridgehead atoms. The number of fused-ring (bicyclic) bond motifs is 3. The molecular formula is C9H16N2O. The zero-order valence-electron chi connectivity index (χ0n) is 7.75. The predicted molar refractivity (Wildman–Crippen MR) is 47.6 cm³/mol. The van der Waals surface area contributed by atoms with Crippen LogP contribution in [0.1, 0.15) is 26.7 Å². The maximum Gasteiger partial charge on any atom is 0.0799 e. The van der Waals surface area contributed by atoms with Gasteiger partial charge in [0.25, 0.3) is 0 Å². The minimum Gasteiger partial charge on any atom is -0.411 e. The smallest absolute Gasteiger partial charge is 0.0799 e. The Balaban J connectivity index is 2.34. The van der Waals surface area contributed by atoms with Gasteiger partial charge in [-0.05, 0) is 39.8 Å². The molecule has 3 rings (SSSR count). The summed E-state index contributed by atoms with van der Waals surface area (Å²) in [5.41, 5.74) is 0.982. The summed E-state index contributed by atoms with van der Waals surface area (Å²) in [6.07, 6.45) is 2.34. The van der Waals surface area contributed by atoms with Crippen LogP contribution < -0.4 is 0 Å². The maximum atomic E-state index is 8.91. The molecule has 3 aliphatic heterocycles. The molecule has 3 heterocycles. The van der Waals surface area contributed by atoms with Crippen LogP contribution in [-0.4, -0.2) is 34.4 Å². The lowest BCUT2D eigenvalue weighted by Crippen LogP contribution is -2.61. The summed E-state index contributed by atoms with van der Waals surface area (Å²) >= 11 is 0. The number of hydrogen-bond acceptors (Lipinski definition) is 3. The summed E-state index contributed by atoms with van der Waals surface area (Å²) in [7, 11) is 0. The summed E-state index contributed by atoms with van der Waals surface area (Å²) < 4.78 is 0. The van der Waals surface area contributed by atoms with Gasteiger partial charge in [0.1, 0.15) is 0 Å². The highest BCUT2D eigenvalue weighted by Gasteiger charge is 2.45. The zero-order chi connectivity index (χ0) is 8.77. The first-order valence-electron chi connectivity index (χ1n) is 4.63. The van der Waals surface area contributed by atoms with Crippen LogP contribution in [0.3, 0.4) is 0 Å². The normalized spacial score (nSPS) is 42.0. The Kier molecular flexibility index (Phi) is 1.65. The van der Waals surface area contributed by atoms with Crippen molar-refractivity contribution in [3.05, 3.63) is 0 Å². The molecule has 0 saturated carbocycles. The molecule has 0 aromatic rings. The van der Waals surface area contributed by atoms with Gasteiger partial charge in [-0.1, -0.05) is 5.16 Å². The van der Waals surface area contributed by atoms with E-state index < -0.39 is 0 Å². The SMILES string of the molecule is CC1(C)/C(=N/O)C2CCN1CC2. The van der Waals surface area contributed by atoms with Crippen LogP contribution in [0, 0.1) is 5.92 Å². The van der Waals surface area contributed by atoms with Crippen molar-refractivity contribution in [1.82, 2.24) is 4.90 Å². The maximum absolute atomic E-state index is 8.91. The van der Waals surface area contributed by atoms with Crippen LogP contribution in [0.25, 0.3) is 0 Å². The van der Waals surface area contributed by atoms with Crippen molar-refractivity contribution in [3.63, 3.8) is 0 Å². The standard InChI is InChI=1S/C9H16N2O/c1-9(2)8(10-12)7-3-5-11(9)6-4-7/h7,12H,3-6H2,1-2H3/b10-8+. The lowest BCUT2D eigenvalue weighted by molar-refractivity contribution is 0.0883. The zero-order valence-corrected chi connectivity index (χ0v) is 7.75. The minimum absolute atomic E-state index is 0.00405. The van der Waals surface area contributed by atoms with Crippen molar-refractivity contribution in [2.24, 2.45) is 11.1 Å². The average Bonchev–Trinajstić information content (AvgIpc) is 2.05. The van der Waals surface area contributed by atoms with Gasteiger partial charge < -0.3 is 5.21 Å². The molecule has 0 amide bonds. The summed E-state index contributed by atoms with van der Waals surface area (Å²) in [6, 6.07) is 0. The highest BCUT2D eigenvalue weighted by molar-refractivity contribution is 5.95. The lowest BCUT2D eigenvalue weighted by Gasteiger charge is -2.51. The highest BCUT2D eigenvalue weighted by Crippen LogP contribution is 2.36. The molecule has 0 atom stereocenters. The van der Waals surface area contributed by atoms with E-state index in [2.05, 4.69) is 23.9 Å². The molecule has 0 spiro atoms. The second kappa shape index (κ2) is 2.46. The van der Waals surface area contributed by atoms with Crippen LogP contribution in [0.4, 0.5) is 0 Å². The summed E-state index contributed by atoms with van der Waals surface area (Å²) in [6.45, 7) is 6.62. The van der Waals surface area contributed by atoms with Crippen molar-refractivity contribution in [2.45, 2.75) is 32.2 Å². The number of rotatable bonds is 0. The molecule has 3 saturated heterocycles. The van der Waals surface area contributed by atoms with E-state index in [1.54, 1.807) is 0 Å². The quantitative estimate of drug-likeness (QED) is 0.437. The molecule has 1 N–H and O–H groups in total. The van der Waals surface area contributed by atoms with Gasteiger partial charge in [0.15, 0.2) is 0 Å². The van der Waals surface area contributed by atoms with Crippen LogP contribution >= 0.6 is 0 Å². The van der Waals surface area contributed by atoms with E-state index in [0.717, 1.165) is 18.8 Å². The Morgan fingerprint density at radius 1 is 1.42 bits per heavy atom. The molecule has 3 aliphatic rings. The molecule has 0 radical (unpaired) electrons. The molecule has 0 aromatic carbocycles. The number of nitrogens with zero attached hydrogens (tertiary/aromatic N) is 2. The van der Waals surface area contributed by atoms with E-state index in [-0.39, 0.29) is 5.54 Å². The second-order valence-electron chi connectivity index (χ2n) is 4.31. The first-order valence-corrected chi connectivity index (χ1v) is 4.63. The van der Waals surface area contributed by atoms with E-state index in [9.17, 15) is 0 Å². The molecule has 0 aromatic heterocycles. The lowest BCUT2D eigenvalue weighted by atomic mass is 9.74. The molecule has 0 unspecified atom stereocenters. The molecular weight excluding hydrogens is 152 g/mol. The molecule has 3 nitrogen and oxygen atoms in total. The molecule has 12 heavy (non-hydrogen) atoms. The van der Waals surface area contributed by atoms with Crippen LogP contribution in [-0.2, 0) is 0 Å². The summed E-state index contributed by atoms with van der Waals surface area (Å²) in [5, 5.41) is 12.4. The number of hydrogen-bond donors (Lipinski definition) is 1. The largest absolute Gasteiger partial charge is 0.411 e. The third kappa shape index (κ3) is 0.891. The first kappa shape index (κ1) is 8.05. The van der Waals surface area contributed by atoms with E-state index >= 15 is 0 Å². The Morgan fingerprint density at radius 2 is 2.00 bits per heavy atom. The molecule has 68 valence electrons. The fraction of sp³-hybridized carbons (Fsp3) is 0.889. The Labute approximate surface area is 73.1 Å². The first-order chi connectivity index (χ1) is 5.66. The van der Waals surface area contributed by atoms with Crippen molar-refractivity contribution in [3.8, 4) is 0 Å². The van der Waals surface area contributed by atoms with Gasteiger partial charge in [0.2, 0.25) is 0 Å². The molecule has 3 fully saturated rings. The molecule has 0 aliphatic carbocycles. The van der Waals surface area contributed by atoms with Gasteiger partial charge in [-0.2, -0.15) is 0 Å². The van der Waals surface area contributed by atoms with Crippen LogP contribution in [0.15, 0.2) is 5.16 Å². The topological polar surface area (TPSA) is 35.8 Å². The Hall–Kier alpha value is -0.570. The third-order valence-corrected chi connectivity index (χ3v) is 3.41. The predicted octanol–water partition coefficient (Wildman–Crippen LogP) is 1.32. The fourth-order valence-electron chi connectivity index (χ4n) is 2.58. The van der Waals surface area contributed by atoms with Gasteiger partial charge in [-0.3, -0.25) is 4.90 Å². The van der Waals surface area contributed by atoms with Crippen molar-refractivity contribution >= 4 is 5.71 Å². The number of piperidine rings is 3. The average molecular weight is 168 g/mol. The Morgan fingerprint density at radius 3 is 2.33 bits per heavy atom. The van der Waals surface area contributed by atoms with E-state index in [4.69, 9.17) is 5.21 Å². The second-order valence-corrected chi connectivity index (χ2v) is 4.31. The van der Waals surface area contributed by atoms with Gasteiger partial charge in [0.05, 0.1) is 11.3 Å². The van der Waals surface area contributed by atoms with Gasteiger partial charge in [0, 0.05) is 5.92 Å². The minimum atomic E-state index is -0.00405. The van der Waals surface area contributed by atoms with Crippen molar-refractivity contribution in [2.75, 3.05) is 13.1 Å². The van der Waals surface area contributed by atoms with Crippen molar-refractivity contribution in [1.29, 1.82) is 0 Å². The Bertz CT molecular complexity index is 215. The third-order valence-electron chi connectivity index (χ3n) is 3.41.